The van der Waals surface area contributed by atoms with Gasteiger partial charge in [-0.15, -0.1) is 0 Å². The molecule has 0 bridgehead atoms. The van der Waals surface area contributed by atoms with Crippen LogP contribution in [0.15, 0.2) is 77.0 Å². The van der Waals surface area contributed by atoms with Gasteiger partial charge >= 0.3 is 5.97 Å². The molecule has 43 heavy (non-hydrogen) atoms. The molecular weight excluding hydrogens is 618 g/mol. The fourth-order valence-electron chi connectivity index (χ4n) is 4.19. The molecule has 0 saturated heterocycles. The zero-order chi connectivity index (χ0) is 30.9. The van der Waals surface area contributed by atoms with Crippen LogP contribution >= 0.6 is 35.4 Å². The van der Waals surface area contributed by atoms with Crippen molar-refractivity contribution in [2.75, 3.05) is 13.2 Å². The van der Waals surface area contributed by atoms with Crippen molar-refractivity contribution in [1.29, 1.82) is 0 Å². The first kappa shape index (κ1) is 31.7. The summed E-state index contributed by atoms with van der Waals surface area (Å²) >= 11 is 18.0. The van der Waals surface area contributed by atoms with Crippen molar-refractivity contribution < 1.29 is 28.2 Å². The van der Waals surface area contributed by atoms with Gasteiger partial charge in [0.25, 0.3) is 5.91 Å². The Hall–Kier alpha value is -4.19. The molecule has 1 amide bonds. The number of amides is 1. The Morgan fingerprint density at radius 3 is 2.56 bits per heavy atom. The molecule has 13 heteroatoms. The lowest BCUT2D eigenvalue weighted by Gasteiger charge is -2.30. The predicted octanol–water partition coefficient (Wildman–Crippen LogP) is 5.60. The van der Waals surface area contributed by atoms with Crippen molar-refractivity contribution in [3.05, 3.63) is 104 Å². The Bertz CT molecular complexity index is 1580. The van der Waals surface area contributed by atoms with Crippen molar-refractivity contribution in [2.45, 2.75) is 26.5 Å². The minimum Gasteiger partial charge on any atom is -0.486 e. The lowest BCUT2D eigenvalue weighted by Crippen LogP contribution is -2.45. The zero-order valence-corrected chi connectivity index (χ0v) is 25.4. The van der Waals surface area contributed by atoms with Gasteiger partial charge in [0, 0.05) is 11.3 Å². The van der Waals surface area contributed by atoms with Gasteiger partial charge < -0.3 is 24.8 Å². The average molecular weight is 646 g/mol. The molecule has 9 nitrogen and oxygen atoms in total. The van der Waals surface area contributed by atoms with Gasteiger partial charge in [-0.25, -0.2) is 14.6 Å². The van der Waals surface area contributed by atoms with Crippen molar-refractivity contribution in [1.82, 2.24) is 16.1 Å². The van der Waals surface area contributed by atoms with Crippen LogP contribution in [0.25, 0.3) is 0 Å². The summed E-state index contributed by atoms with van der Waals surface area (Å²) in [6, 6.07) is 15.4. The Labute approximate surface area is 263 Å². The Kier molecular flexibility index (Phi) is 10.9. The first-order chi connectivity index (χ1) is 20.7. The molecular formula is C30H27Cl2FN4O5S. The SMILES string of the molecule is CCOC(=O)C1=C(C)NC(=S)N[C@@H]1c1ccccc1OCC(=O)NN=Cc1cc(Cl)c(OCc2cccc(F)c2)c(Cl)c1. The second kappa shape index (κ2) is 14.8. The van der Waals surface area contributed by atoms with E-state index >= 15 is 0 Å². The maximum atomic E-state index is 13.4. The third kappa shape index (κ3) is 8.44. The van der Waals surface area contributed by atoms with Crippen molar-refractivity contribution in [3.8, 4) is 11.5 Å². The summed E-state index contributed by atoms with van der Waals surface area (Å²) in [5.74, 6) is -0.808. The number of nitrogens with zero attached hydrogens (tertiary/aromatic N) is 1. The van der Waals surface area contributed by atoms with Crippen LogP contribution in [-0.2, 0) is 20.9 Å². The number of ether oxygens (including phenoxy) is 3. The summed E-state index contributed by atoms with van der Waals surface area (Å²) in [5, 5.41) is 10.7. The Balaban J connectivity index is 1.38. The molecule has 1 aliphatic rings. The summed E-state index contributed by atoms with van der Waals surface area (Å²) in [6.45, 7) is 3.37. The molecule has 0 saturated carbocycles. The lowest BCUT2D eigenvalue weighted by atomic mass is 9.95. The number of halogens is 3. The van der Waals surface area contributed by atoms with Crippen LogP contribution in [0.5, 0.6) is 11.5 Å². The number of rotatable bonds is 11. The molecule has 1 heterocycles. The van der Waals surface area contributed by atoms with E-state index in [0.717, 1.165) is 0 Å². The molecule has 4 rings (SSSR count). The van der Waals surface area contributed by atoms with Gasteiger partial charge in [0.2, 0.25) is 0 Å². The largest absolute Gasteiger partial charge is 0.486 e. The van der Waals surface area contributed by atoms with Crippen LogP contribution in [0, 0.1) is 5.82 Å². The highest BCUT2D eigenvalue weighted by Gasteiger charge is 2.32. The van der Waals surface area contributed by atoms with E-state index in [1.807, 2.05) is 0 Å². The van der Waals surface area contributed by atoms with E-state index in [0.29, 0.717) is 38.8 Å². The molecule has 1 aliphatic heterocycles. The minimum atomic E-state index is -0.652. The average Bonchev–Trinajstić information content (AvgIpc) is 2.95. The zero-order valence-electron chi connectivity index (χ0n) is 23.1. The molecule has 0 radical (unpaired) electrons. The Morgan fingerprint density at radius 2 is 1.84 bits per heavy atom. The van der Waals surface area contributed by atoms with E-state index in [2.05, 4.69) is 21.2 Å². The molecule has 3 N–H and O–H groups in total. The monoisotopic (exact) mass is 644 g/mol. The van der Waals surface area contributed by atoms with E-state index in [1.165, 1.54) is 18.3 Å². The maximum absolute atomic E-state index is 13.4. The second-order valence-electron chi connectivity index (χ2n) is 9.14. The third-order valence-electron chi connectivity index (χ3n) is 6.05. The van der Waals surface area contributed by atoms with Crippen molar-refractivity contribution in [3.63, 3.8) is 0 Å². The molecule has 0 aromatic heterocycles. The van der Waals surface area contributed by atoms with Crippen LogP contribution in [-0.4, -0.2) is 36.4 Å². The molecule has 224 valence electrons. The van der Waals surface area contributed by atoms with Crippen LogP contribution < -0.4 is 25.5 Å². The van der Waals surface area contributed by atoms with Crippen LogP contribution in [0.2, 0.25) is 10.0 Å². The van der Waals surface area contributed by atoms with Gasteiger partial charge in [0.05, 0.1) is 34.5 Å². The number of hydrogen-bond acceptors (Lipinski definition) is 7. The standard InChI is InChI=1S/C30H27Cl2FN4O5S/c1-3-40-29(39)26-17(2)35-30(43)36-27(26)21-9-4-5-10-24(21)41-16-25(38)37-34-14-19-12-22(31)28(23(32)13-19)42-15-18-7-6-8-20(33)11-18/h4-14,27H,3,15-16H2,1-2H3,(H,37,38)(H2,35,36,43)/t27-/m1/s1. The number of carbonyl (C=O) groups excluding carboxylic acids is 2. The summed E-state index contributed by atoms with van der Waals surface area (Å²) in [4.78, 5) is 25.2. The summed E-state index contributed by atoms with van der Waals surface area (Å²) in [5.41, 5.74) is 5.00. The molecule has 0 aliphatic carbocycles. The van der Waals surface area contributed by atoms with E-state index in [9.17, 15) is 14.0 Å². The maximum Gasteiger partial charge on any atom is 0.338 e. The number of para-hydroxylation sites is 1. The van der Waals surface area contributed by atoms with Crippen LogP contribution in [0.1, 0.15) is 36.6 Å². The van der Waals surface area contributed by atoms with E-state index in [-0.39, 0.29) is 41.4 Å². The highest BCUT2D eigenvalue weighted by atomic mass is 35.5. The topological polar surface area (TPSA) is 110 Å². The quantitative estimate of drug-likeness (QED) is 0.107. The predicted molar refractivity (Wildman–Crippen MR) is 166 cm³/mol. The van der Waals surface area contributed by atoms with Gasteiger partial charge in [0.15, 0.2) is 17.5 Å². The van der Waals surface area contributed by atoms with E-state index in [1.54, 1.807) is 62.4 Å². The molecule has 3 aromatic carbocycles. The van der Waals surface area contributed by atoms with E-state index in [4.69, 9.17) is 49.6 Å². The number of hydrogen-bond donors (Lipinski definition) is 3. The molecule has 0 spiro atoms. The number of hydrazone groups is 1. The second-order valence-corrected chi connectivity index (χ2v) is 10.4. The third-order valence-corrected chi connectivity index (χ3v) is 6.83. The summed E-state index contributed by atoms with van der Waals surface area (Å²) in [6.07, 6.45) is 1.36. The van der Waals surface area contributed by atoms with Crippen LogP contribution in [0.4, 0.5) is 4.39 Å². The fraction of sp³-hybridized carbons (Fsp3) is 0.200. The number of benzene rings is 3. The molecule has 0 fully saturated rings. The minimum absolute atomic E-state index is 0.0736. The molecule has 0 unspecified atom stereocenters. The van der Waals surface area contributed by atoms with Gasteiger partial charge in [0.1, 0.15) is 18.2 Å². The number of nitrogens with one attached hydrogen (secondary N) is 3. The first-order valence-electron chi connectivity index (χ1n) is 13.0. The van der Waals surface area contributed by atoms with Gasteiger partial charge in [-0.1, -0.05) is 53.5 Å². The highest BCUT2D eigenvalue weighted by Crippen LogP contribution is 2.35. The highest BCUT2D eigenvalue weighted by molar-refractivity contribution is 7.80. The van der Waals surface area contributed by atoms with Crippen molar-refractivity contribution in [2.24, 2.45) is 5.10 Å². The van der Waals surface area contributed by atoms with Crippen LogP contribution in [0.3, 0.4) is 0 Å². The van der Waals surface area contributed by atoms with Gasteiger partial charge in [-0.2, -0.15) is 5.10 Å². The van der Waals surface area contributed by atoms with Crippen molar-refractivity contribution >= 4 is 58.6 Å². The first-order valence-corrected chi connectivity index (χ1v) is 14.2. The number of carbonyl (C=O) groups is 2. The molecule has 1 atom stereocenters. The summed E-state index contributed by atoms with van der Waals surface area (Å²) < 4.78 is 30.1. The van der Waals surface area contributed by atoms with Gasteiger partial charge in [-0.05, 0) is 67.5 Å². The normalized spacial score (nSPS) is 14.6. The summed E-state index contributed by atoms with van der Waals surface area (Å²) in [7, 11) is 0. The van der Waals surface area contributed by atoms with Gasteiger partial charge in [-0.3, -0.25) is 4.79 Å². The number of thiocarbonyl (C=S) groups is 1. The lowest BCUT2D eigenvalue weighted by molar-refractivity contribution is -0.139. The molecule has 3 aromatic rings. The fourth-order valence-corrected chi connectivity index (χ4v) is 5.07. The number of esters is 1. The van der Waals surface area contributed by atoms with E-state index < -0.39 is 17.9 Å². The number of allylic oxidation sites excluding steroid dienone is 1. The Morgan fingerprint density at radius 1 is 1.09 bits per heavy atom. The smallest absolute Gasteiger partial charge is 0.338 e.